The van der Waals surface area contributed by atoms with Gasteiger partial charge in [-0.2, -0.15) is 0 Å². The zero-order chi connectivity index (χ0) is 23.8. The molecule has 33 heavy (non-hydrogen) atoms. The van der Waals surface area contributed by atoms with Gasteiger partial charge in [-0.3, -0.25) is 14.4 Å². The molecule has 0 bridgehead atoms. The Hall–Kier alpha value is -3.42. The molecule has 2 aromatic carbocycles. The van der Waals surface area contributed by atoms with Crippen molar-refractivity contribution in [1.82, 2.24) is 9.80 Å². The van der Waals surface area contributed by atoms with Crippen molar-refractivity contribution in [2.24, 2.45) is 5.92 Å². The summed E-state index contributed by atoms with van der Waals surface area (Å²) in [6, 6.07) is 12.7. The van der Waals surface area contributed by atoms with Gasteiger partial charge in [-0.05, 0) is 55.7 Å². The van der Waals surface area contributed by atoms with Crippen LogP contribution in [0.15, 0.2) is 48.5 Å². The number of likely N-dealkylation sites (N-methyl/N-ethyl adjacent to an activating group) is 1. The molecule has 0 aliphatic carbocycles. The molecule has 1 aliphatic heterocycles. The quantitative estimate of drug-likeness (QED) is 0.570. The molecule has 7 nitrogen and oxygen atoms in total. The molecule has 8 heteroatoms. The summed E-state index contributed by atoms with van der Waals surface area (Å²) in [5.41, 5.74) is 1.21. The van der Waals surface area contributed by atoms with Crippen LogP contribution in [0.5, 0.6) is 5.75 Å². The van der Waals surface area contributed by atoms with Crippen molar-refractivity contribution >= 4 is 17.8 Å². The molecule has 0 N–H and O–H groups in total. The number of hydrogen-bond donors (Lipinski definition) is 0. The topological polar surface area (TPSA) is 76.2 Å². The highest BCUT2D eigenvalue weighted by Gasteiger charge is 2.29. The number of ether oxygens (including phenoxy) is 2. The van der Waals surface area contributed by atoms with Crippen molar-refractivity contribution in [2.45, 2.75) is 26.4 Å². The number of hydrogen-bond acceptors (Lipinski definition) is 5. The van der Waals surface area contributed by atoms with E-state index >= 15 is 0 Å². The van der Waals surface area contributed by atoms with Gasteiger partial charge >= 0.3 is 5.97 Å². The van der Waals surface area contributed by atoms with E-state index in [4.69, 9.17) is 9.47 Å². The predicted molar refractivity (Wildman–Crippen MR) is 120 cm³/mol. The molecule has 2 amide bonds. The third-order valence-corrected chi connectivity index (χ3v) is 5.59. The monoisotopic (exact) mass is 456 g/mol. The molecular formula is C25H29FN2O5. The fraction of sp³-hybridized carbons (Fsp3) is 0.400. The van der Waals surface area contributed by atoms with E-state index < -0.39 is 0 Å². The first-order valence-corrected chi connectivity index (χ1v) is 11.0. The number of carbonyl (C=O) groups excluding carboxylic acids is 3. The molecular weight excluding hydrogens is 427 g/mol. The van der Waals surface area contributed by atoms with Crippen LogP contribution in [0.4, 0.5) is 4.39 Å². The van der Waals surface area contributed by atoms with Crippen LogP contribution >= 0.6 is 0 Å². The summed E-state index contributed by atoms with van der Waals surface area (Å²) in [6.07, 6.45) is 1.13. The lowest BCUT2D eigenvalue weighted by atomic mass is 9.97. The van der Waals surface area contributed by atoms with Crippen LogP contribution in [-0.4, -0.2) is 60.9 Å². The van der Waals surface area contributed by atoms with Crippen LogP contribution in [0, 0.1) is 11.7 Å². The van der Waals surface area contributed by atoms with Crippen molar-refractivity contribution in [3.63, 3.8) is 0 Å². The average molecular weight is 457 g/mol. The molecule has 1 fully saturated rings. The van der Waals surface area contributed by atoms with Crippen LogP contribution in [0.25, 0.3) is 0 Å². The van der Waals surface area contributed by atoms with Crippen LogP contribution in [0.3, 0.4) is 0 Å². The molecule has 0 spiro atoms. The van der Waals surface area contributed by atoms with Gasteiger partial charge in [0.05, 0.1) is 19.1 Å². The van der Waals surface area contributed by atoms with Gasteiger partial charge in [-0.1, -0.05) is 18.2 Å². The molecule has 0 aromatic heterocycles. The largest absolute Gasteiger partial charge is 0.489 e. The van der Waals surface area contributed by atoms with E-state index in [1.807, 2.05) is 0 Å². The lowest BCUT2D eigenvalue weighted by molar-refractivity contribution is -0.151. The third kappa shape index (κ3) is 6.78. The minimum atomic E-state index is -0.313. The van der Waals surface area contributed by atoms with Crippen molar-refractivity contribution in [3.05, 3.63) is 65.5 Å². The van der Waals surface area contributed by atoms with E-state index in [1.165, 1.54) is 17.0 Å². The minimum Gasteiger partial charge on any atom is -0.489 e. The fourth-order valence-electron chi connectivity index (χ4n) is 3.69. The number of benzene rings is 2. The predicted octanol–water partition coefficient (Wildman–Crippen LogP) is 3.28. The van der Waals surface area contributed by atoms with Gasteiger partial charge in [0.15, 0.2) is 0 Å². The summed E-state index contributed by atoms with van der Waals surface area (Å²) < 4.78 is 23.8. The standard InChI is InChI=1S/C25H29FN2O5/c1-3-32-25(31)19-11-13-28(14-12-19)23(29)16-27(2)24(30)20-5-4-6-22(15-20)33-17-18-7-9-21(26)10-8-18/h4-10,15,19H,3,11-14,16-17H2,1-2H3. The highest BCUT2D eigenvalue weighted by atomic mass is 19.1. The molecule has 0 saturated carbocycles. The van der Waals surface area contributed by atoms with Gasteiger partial charge < -0.3 is 19.3 Å². The van der Waals surface area contributed by atoms with E-state index in [9.17, 15) is 18.8 Å². The highest BCUT2D eigenvalue weighted by molar-refractivity contribution is 5.96. The van der Waals surface area contributed by atoms with Gasteiger partial charge in [0.25, 0.3) is 5.91 Å². The Labute approximate surface area is 193 Å². The molecule has 0 atom stereocenters. The second-order valence-corrected chi connectivity index (χ2v) is 8.01. The molecule has 1 saturated heterocycles. The van der Waals surface area contributed by atoms with E-state index in [-0.39, 0.29) is 42.7 Å². The van der Waals surface area contributed by atoms with Crippen LogP contribution in [0.2, 0.25) is 0 Å². The zero-order valence-corrected chi connectivity index (χ0v) is 19.0. The number of carbonyl (C=O) groups is 3. The number of nitrogens with zero attached hydrogens (tertiary/aromatic N) is 2. The number of likely N-dealkylation sites (tertiary alicyclic amines) is 1. The highest BCUT2D eigenvalue weighted by Crippen LogP contribution is 2.20. The maximum Gasteiger partial charge on any atom is 0.309 e. The molecule has 1 aliphatic rings. The fourth-order valence-corrected chi connectivity index (χ4v) is 3.69. The number of rotatable bonds is 8. The summed E-state index contributed by atoms with van der Waals surface area (Å²) in [5.74, 6) is -0.642. The van der Waals surface area contributed by atoms with Gasteiger partial charge in [0, 0.05) is 25.7 Å². The lowest BCUT2D eigenvalue weighted by Crippen LogP contribution is -2.45. The third-order valence-electron chi connectivity index (χ3n) is 5.59. The van der Waals surface area contributed by atoms with Crippen molar-refractivity contribution in [3.8, 4) is 5.75 Å². The maximum atomic E-state index is 13.0. The summed E-state index contributed by atoms with van der Waals surface area (Å²) in [6.45, 7) is 3.26. The minimum absolute atomic E-state index is 0.0520. The van der Waals surface area contributed by atoms with Crippen molar-refractivity contribution in [2.75, 3.05) is 33.3 Å². The SMILES string of the molecule is CCOC(=O)C1CCN(C(=O)CN(C)C(=O)c2cccc(OCc3ccc(F)cc3)c2)CC1. The van der Waals surface area contributed by atoms with Gasteiger partial charge in [0.1, 0.15) is 18.2 Å². The van der Waals surface area contributed by atoms with E-state index in [1.54, 1.807) is 55.3 Å². The Bertz CT molecular complexity index is 971. The Morgan fingerprint density at radius 1 is 1.09 bits per heavy atom. The first-order valence-electron chi connectivity index (χ1n) is 11.0. The smallest absolute Gasteiger partial charge is 0.309 e. The second kappa shape index (κ2) is 11.4. The number of piperidine rings is 1. The first kappa shape index (κ1) is 24.2. The Morgan fingerprint density at radius 3 is 2.45 bits per heavy atom. The summed E-state index contributed by atoms with van der Waals surface area (Å²) in [5, 5.41) is 0. The Balaban J connectivity index is 1.51. The van der Waals surface area contributed by atoms with Crippen molar-refractivity contribution in [1.29, 1.82) is 0 Å². The van der Waals surface area contributed by atoms with E-state index in [0.29, 0.717) is 43.9 Å². The van der Waals surface area contributed by atoms with Crippen LogP contribution < -0.4 is 4.74 Å². The number of esters is 1. The van der Waals surface area contributed by atoms with Crippen LogP contribution in [0.1, 0.15) is 35.7 Å². The van der Waals surface area contributed by atoms with E-state index in [0.717, 1.165) is 5.56 Å². The zero-order valence-electron chi connectivity index (χ0n) is 19.0. The molecule has 176 valence electrons. The second-order valence-electron chi connectivity index (χ2n) is 8.01. The van der Waals surface area contributed by atoms with E-state index in [2.05, 4.69) is 0 Å². The summed E-state index contributed by atoms with van der Waals surface area (Å²) in [4.78, 5) is 40.4. The molecule has 3 rings (SSSR count). The van der Waals surface area contributed by atoms with Gasteiger partial charge in [-0.25, -0.2) is 4.39 Å². The van der Waals surface area contributed by atoms with Crippen molar-refractivity contribution < 1.29 is 28.2 Å². The average Bonchev–Trinajstić information content (AvgIpc) is 2.83. The lowest BCUT2D eigenvalue weighted by Gasteiger charge is -2.32. The molecule has 1 heterocycles. The summed E-state index contributed by atoms with van der Waals surface area (Å²) in [7, 11) is 1.58. The Kier molecular flexibility index (Phi) is 8.40. The van der Waals surface area contributed by atoms with Gasteiger partial charge in [-0.15, -0.1) is 0 Å². The Morgan fingerprint density at radius 2 is 1.79 bits per heavy atom. The number of halogens is 1. The van der Waals surface area contributed by atoms with Crippen LogP contribution in [-0.2, 0) is 20.9 Å². The normalized spacial score (nSPS) is 14.0. The first-order chi connectivity index (χ1) is 15.9. The number of amides is 2. The molecule has 0 radical (unpaired) electrons. The maximum absolute atomic E-state index is 13.0. The molecule has 0 unspecified atom stereocenters. The molecule has 2 aromatic rings. The van der Waals surface area contributed by atoms with Gasteiger partial charge in [0.2, 0.25) is 5.91 Å². The summed E-state index contributed by atoms with van der Waals surface area (Å²) >= 11 is 0.